The average Bonchev–Trinajstić information content (AvgIpc) is 2.93. The summed E-state index contributed by atoms with van der Waals surface area (Å²) in [5.74, 6) is 0.114. The third-order valence-electron chi connectivity index (χ3n) is 4.76. The van der Waals surface area contributed by atoms with E-state index in [2.05, 4.69) is 4.98 Å². The summed E-state index contributed by atoms with van der Waals surface area (Å²) in [4.78, 5) is 4.35. The van der Waals surface area contributed by atoms with Crippen molar-refractivity contribution in [2.24, 2.45) is 0 Å². The zero-order valence-electron chi connectivity index (χ0n) is 17.1. The largest absolute Gasteiger partial charge is 0.494 e. The van der Waals surface area contributed by atoms with E-state index < -0.39 is 25.2 Å². The molecule has 0 radical (unpaired) electrons. The highest BCUT2D eigenvalue weighted by Crippen LogP contribution is 2.36. The van der Waals surface area contributed by atoms with Gasteiger partial charge in [-0.1, -0.05) is 6.07 Å². The molecule has 5 heteroatoms. The van der Waals surface area contributed by atoms with E-state index in [9.17, 15) is 0 Å². The fourth-order valence-electron chi connectivity index (χ4n) is 2.76. The highest BCUT2D eigenvalue weighted by molar-refractivity contribution is 6.62. The number of imidazole rings is 1. The van der Waals surface area contributed by atoms with Gasteiger partial charge in [-0.15, -0.1) is 0 Å². The third-order valence-corrected chi connectivity index (χ3v) is 4.76. The Bertz CT molecular complexity index is 796. The van der Waals surface area contributed by atoms with Gasteiger partial charge in [-0.3, -0.25) is 0 Å². The molecule has 1 saturated heterocycles. The van der Waals surface area contributed by atoms with Crippen LogP contribution in [-0.4, -0.2) is 27.9 Å². The predicted molar refractivity (Wildman–Crippen MR) is 90.6 cm³/mol. The molecule has 3 rings (SSSR count). The summed E-state index contributed by atoms with van der Waals surface area (Å²) in [5.41, 5.74) is 1.47. The van der Waals surface area contributed by atoms with Gasteiger partial charge in [-0.05, 0) is 66.0 Å². The fourth-order valence-corrected chi connectivity index (χ4v) is 2.76. The van der Waals surface area contributed by atoms with Crippen molar-refractivity contribution < 1.29 is 13.4 Å². The monoisotopic (exact) mass is 303 g/mol. The average molecular weight is 303 g/mol. The molecular formula is C17H25BN2O2. The van der Waals surface area contributed by atoms with Crippen molar-refractivity contribution in [3.8, 4) is 0 Å². The van der Waals surface area contributed by atoms with Crippen LogP contribution in [0.5, 0.6) is 0 Å². The molecule has 2 aromatic rings. The topological polar surface area (TPSA) is 36.3 Å². The van der Waals surface area contributed by atoms with Crippen molar-refractivity contribution in [2.75, 3.05) is 0 Å². The first kappa shape index (κ1) is 12.1. The first-order chi connectivity index (χ1) is 11.3. The molecule has 0 amide bonds. The summed E-state index contributed by atoms with van der Waals surface area (Å²) in [6.07, 6.45) is 0. The Balaban J connectivity index is 2.11. The SMILES string of the molecule is [2H]C([2H])([2H])c1nc2ccc(B3OC(C)(C)C(C)(C)O3)cc2n1C(C)C. The maximum Gasteiger partial charge on any atom is 0.494 e. The van der Waals surface area contributed by atoms with Crippen molar-refractivity contribution in [1.29, 1.82) is 0 Å². The van der Waals surface area contributed by atoms with Crippen LogP contribution < -0.4 is 5.46 Å². The zero-order chi connectivity index (χ0) is 18.8. The standard InChI is InChI=1S/C17H25BN2O2/c1-11(2)20-12(3)19-14-9-8-13(10-15(14)20)18-21-16(4,5)17(6,7)22-18/h8-11H,1-7H3/i3D3. The van der Waals surface area contributed by atoms with E-state index in [1.807, 2.05) is 59.7 Å². The van der Waals surface area contributed by atoms with Crippen LogP contribution in [0.4, 0.5) is 0 Å². The Morgan fingerprint density at radius 3 is 2.36 bits per heavy atom. The first-order valence-corrected chi connectivity index (χ1v) is 7.71. The number of fused-ring (bicyclic) bond motifs is 1. The lowest BCUT2D eigenvalue weighted by atomic mass is 9.79. The second kappa shape index (κ2) is 4.83. The lowest BCUT2D eigenvalue weighted by Gasteiger charge is -2.32. The van der Waals surface area contributed by atoms with Crippen molar-refractivity contribution in [2.45, 2.75) is 65.6 Å². The molecule has 1 aliphatic heterocycles. The van der Waals surface area contributed by atoms with Gasteiger partial charge in [-0.25, -0.2) is 4.98 Å². The Morgan fingerprint density at radius 1 is 1.18 bits per heavy atom. The van der Waals surface area contributed by atoms with Gasteiger partial charge in [0.2, 0.25) is 0 Å². The normalized spacial score (nSPS) is 22.9. The zero-order valence-corrected chi connectivity index (χ0v) is 14.1. The maximum atomic E-state index is 7.76. The van der Waals surface area contributed by atoms with Crippen molar-refractivity contribution >= 4 is 23.6 Å². The Kier molecular flexibility index (Phi) is 2.67. The third kappa shape index (κ3) is 2.27. The van der Waals surface area contributed by atoms with Gasteiger partial charge >= 0.3 is 7.12 Å². The first-order valence-electron chi connectivity index (χ1n) is 9.21. The van der Waals surface area contributed by atoms with Crippen LogP contribution in [0.1, 0.15) is 57.5 Å². The van der Waals surface area contributed by atoms with Gasteiger partial charge in [0.1, 0.15) is 5.82 Å². The highest BCUT2D eigenvalue weighted by Gasteiger charge is 2.51. The number of hydrogen-bond acceptors (Lipinski definition) is 3. The van der Waals surface area contributed by atoms with E-state index in [1.165, 1.54) is 0 Å². The molecule has 0 spiro atoms. The molecule has 0 unspecified atom stereocenters. The molecule has 0 atom stereocenters. The van der Waals surface area contributed by atoms with E-state index in [-0.39, 0.29) is 11.9 Å². The number of nitrogens with zero attached hydrogens (tertiary/aromatic N) is 2. The summed E-state index contributed by atoms with van der Waals surface area (Å²) >= 11 is 0. The van der Waals surface area contributed by atoms with E-state index in [0.29, 0.717) is 5.52 Å². The minimum absolute atomic E-state index is 0.0195. The molecule has 0 saturated carbocycles. The summed E-state index contributed by atoms with van der Waals surface area (Å²) < 4.78 is 37.3. The van der Waals surface area contributed by atoms with Crippen LogP contribution in [0.25, 0.3) is 11.0 Å². The minimum atomic E-state index is -2.26. The summed E-state index contributed by atoms with van der Waals surface area (Å²) in [7, 11) is -0.485. The number of aromatic nitrogens is 2. The van der Waals surface area contributed by atoms with Gasteiger partial charge in [-0.2, -0.15) is 0 Å². The van der Waals surface area contributed by atoms with Crippen LogP contribution in [0.2, 0.25) is 0 Å². The lowest BCUT2D eigenvalue weighted by molar-refractivity contribution is 0.00578. The van der Waals surface area contributed by atoms with Crippen molar-refractivity contribution in [3.63, 3.8) is 0 Å². The molecule has 2 heterocycles. The lowest BCUT2D eigenvalue weighted by Crippen LogP contribution is -2.41. The van der Waals surface area contributed by atoms with Crippen LogP contribution in [0.15, 0.2) is 18.2 Å². The molecule has 0 aliphatic carbocycles. The number of aryl methyl sites for hydroxylation is 1. The van der Waals surface area contributed by atoms with Crippen LogP contribution in [0, 0.1) is 6.85 Å². The molecule has 0 N–H and O–H groups in total. The summed E-state index contributed by atoms with van der Waals surface area (Å²) in [5, 5.41) is 0. The van der Waals surface area contributed by atoms with Gasteiger partial charge in [0.15, 0.2) is 0 Å². The summed E-state index contributed by atoms with van der Waals surface area (Å²) in [6.45, 7) is 9.70. The van der Waals surface area contributed by atoms with E-state index in [0.717, 1.165) is 11.0 Å². The van der Waals surface area contributed by atoms with Gasteiger partial charge < -0.3 is 13.9 Å². The van der Waals surface area contributed by atoms with Crippen LogP contribution >= 0.6 is 0 Å². The minimum Gasteiger partial charge on any atom is -0.399 e. The maximum absolute atomic E-state index is 7.76. The van der Waals surface area contributed by atoms with Crippen LogP contribution in [-0.2, 0) is 9.31 Å². The van der Waals surface area contributed by atoms with Crippen molar-refractivity contribution in [1.82, 2.24) is 9.55 Å². The Hall–Kier alpha value is -1.33. The molecule has 118 valence electrons. The number of rotatable bonds is 2. The molecule has 22 heavy (non-hydrogen) atoms. The molecule has 1 fully saturated rings. The smallest absolute Gasteiger partial charge is 0.399 e. The second-order valence-corrected chi connectivity index (χ2v) is 7.24. The fraction of sp³-hybridized carbons (Fsp3) is 0.588. The predicted octanol–water partition coefficient (Wildman–Crippen LogP) is 3.22. The van der Waals surface area contributed by atoms with Crippen LogP contribution in [0.3, 0.4) is 0 Å². The van der Waals surface area contributed by atoms with Gasteiger partial charge in [0.05, 0.1) is 22.2 Å². The summed E-state index contributed by atoms with van der Waals surface area (Å²) in [6, 6.07) is 5.64. The second-order valence-electron chi connectivity index (χ2n) is 7.24. The molecular weight excluding hydrogens is 275 g/mol. The quantitative estimate of drug-likeness (QED) is 0.799. The van der Waals surface area contributed by atoms with Crippen molar-refractivity contribution in [3.05, 3.63) is 24.0 Å². The Labute approximate surface area is 137 Å². The molecule has 1 aliphatic rings. The molecule has 4 nitrogen and oxygen atoms in total. The number of hydrogen-bond donors (Lipinski definition) is 0. The molecule has 1 aromatic carbocycles. The molecule has 1 aromatic heterocycles. The van der Waals surface area contributed by atoms with E-state index in [1.54, 1.807) is 4.57 Å². The molecule has 0 bridgehead atoms. The highest BCUT2D eigenvalue weighted by atomic mass is 16.7. The Morgan fingerprint density at radius 2 is 1.82 bits per heavy atom. The van der Waals surface area contributed by atoms with Gasteiger partial charge in [0, 0.05) is 10.2 Å². The van der Waals surface area contributed by atoms with E-state index in [4.69, 9.17) is 13.4 Å². The van der Waals surface area contributed by atoms with Gasteiger partial charge in [0.25, 0.3) is 0 Å². The van der Waals surface area contributed by atoms with E-state index >= 15 is 0 Å². The number of benzene rings is 1.